The fourth-order valence-electron chi connectivity index (χ4n) is 2.47. The minimum absolute atomic E-state index is 0.0402. The summed E-state index contributed by atoms with van der Waals surface area (Å²) in [5.41, 5.74) is 1.32. The van der Waals surface area contributed by atoms with Crippen molar-refractivity contribution >= 4 is 16.7 Å². The summed E-state index contributed by atoms with van der Waals surface area (Å²) >= 11 is 0. The first kappa shape index (κ1) is 14.1. The molecule has 0 aliphatic carbocycles. The molecule has 1 aromatic heterocycles. The topological polar surface area (TPSA) is 48.3 Å². The van der Waals surface area contributed by atoms with Crippen molar-refractivity contribution in [1.82, 2.24) is 4.57 Å². The normalized spacial score (nSPS) is 10.6. The molecule has 0 atom stereocenters. The Balaban J connectivity index is 1.98. The molecule has 4 nitrogen and oxygen atoms in total. The van der Waals surface area contributed by atoms with Crippen molar-refractivity contribution in [2.75, 3.05) is 7.11 Å². The van der Waals surface area contributed by atoms with E-state index in [1.165, 1.54) is 7.11 Å². The van der Waals surface area contributed by atoms with Crippen LogP contribution in [-0.4, -0.2) is 17.6 Å². The molecule has 0 aliphatic rings. The monoisotopic (exact) mass is 293 g/mol. The van der Waals surface area contributed by atoms with Crippen molar-refractivity contribution in [2.24, 2.45) is 0 Å². The molecule has 0 N–H and O–H groups in total. The van der Waals surface area contributed by atoms with Crippen molar-refractivity contribution in [3.63, 3.8) is 0 Å². The van der Waals surface area contributed by atoms with E-state index >= 15 is 0 Å². The molecule has 1 heterocycles. The van der Waals surface area contributed by atoms with E-state index in [9.17, 15) is 9.59 Å². The Bertz CT molecular complexity index is 896. The predicted octanol–water partition coefficient (Wildman–Crippen LogP) is 2.84. The van der Waals surface area contributed by atoms with Gasteiger partial charge in [0.25, 0.3) is 5.56 Å². The maximum absolute atomic E-state index is 12.5. The summed E-state index contributed by atoms with van der Waals surface area (Å²) in [6.07, 6.45) is 1.77. The molecular formula is C18H15NO3. The van der Waals surface area contributed by atoms with Crippen LogP contribution in [0.3, 0.4) is 0 Å². The highest BCUT2D eigenvalue weighted by molar-refractivity contribution is 5.89. The molecule has 110 valence electrons. The summed E-state index contributed by atoms with van der Waals surface area (Å²) in [6.45, 7) is 0.411. The molecule has 0 fully saturated rings. The average Bonchev–Trinajstić information content (AvgIpc) is 2.57. The van der Waals surface area contributed by atoms with Gasteiger partial charge in [0.05, 0.1) is 19.2 Å². The average molecular weight is 293 g/mol. The van der Waals surface area contributed by atoms with Gasteiger partial charge in [-0.2, -0.15) is 0 Å². The number of pyridine rings is 1. The van der Waals surface area contributed by atoms with Gasteiger partial charge in [-0.25, -0.2) is 4.79 Å². The number of hydrogen-bond donors (Lipinski definition) is 0. The number of carbonyl (C=O) groups excluding carboxylic acids is 1. The SMILES string of the molecule is COC(=O)c1cccc(Cn2ccc3ccccc3c2=O)c1. The highest BCUT2D eigenvalue weighted by Gasteiger charge is 2.07. The summed E-state index contributed by atoms with van der Waals surface area (Å²) in [4.78, 5) is 24.0. The van der Waals surface area contributed by atoms with Gasteiger partial charge < -0.3 is 9.30 Å². The Morgan fingerprint density at radius 3 is 2.73 bits per heavy atom. The smallest absolute Gasteiger partial charge is 0.337 e. The van der Waals surface area contributed by atoms with Crippen LogP contribution in [0.4, 0.5) is 0 Å². The van der Waals surface area contributed by atoms with Gasteiger partial charge in [0, 0.05) is 11.6 Å². The maximum Gasteiger partial charge on any atom is 0.337 e. The quantitative estimate of drug-likeness (QED) is 0.698. The first-order chi connectivity index (χ1) is 10.7. The van der Waals surface area contributed by atoms with Gasteiger partial charge in [0.1, 0.15) is 0 Å². The standard InChI is InChI=1S/C18H15NO3/c1-22-18(21)15-7-4-5-13(11-15)12-19-10-9-14-6-2-3-8-16(14)17(19)20/h2-11H,12H2,1H3. The van der Waals surface area contributed by atoms with Crippen molar-refractivity contribution in [3.8, 4) is 0 Å². The minimum atomic E-state index is -0.382. The van der Waals surface area contributed by atoms with Crippen molar-refractivity contribution in [2.45, 2.75) is 6.54 Å². The van der Waals surface area contributed by atoms with Crippen LogP contribution in [0.2, 0.25) is 0 Å². The molecule has 0 saturated carbocycles. The van der Waals surface area contributed by atoms with Crippen molar-refractivity contribution < 1.29 is 9.53 Å². The second-order valence-electron chi connectivity index (χ2n) is 5.03. The van der Waals surface area contributed by atoms with Crippen LogP contribution < -0.4 is 5.56 Å². The number of nitrogens with zero attached hydrogens (tertiary/aromatic N) is 1. The van der Waals surface area contributed by atoms with E-state index in [0.29, 0.717) is 17.5 Å². The van der Waals surface area contributed by atoms with Crippen molar-refractivity contribution in [3.05, 3.63) is 82.3 Å². The third kappa shape index (κ3) is 2.63. The van der Waals surface area contributed by atoms with E-state index in [1.807, 2.05) is 36.4 Å². The third-order valence-electron chi connectivity index (χ3n) is 3.59. The number of fused-ring (bicyclic) bond motifs is 1. The lowest BCUT2D eigenvalue weighted by Gasteiger charge is -2.08. The van der Waals surface area contributed by atoms with Crippen LogP contribution in [0.1, 0.15) is 15.9 Å². The van der Waals surface area contributed by atoms with Gasteiger partial charge in [0.15, 0.2) is 0 Å². The Morgan fingerprint density at radius 1 is 1.09 bits per heavy atom. The molecule has 0 aliphatic heterocycles. The number of ether oxygens (including phenoxy) is 1. The first-order valence-electron chi connectivity index (χ1n) is 6.94. The Kier molecular flexibility index (Phi) is 3.74. The molecule has 0 unspecified atom stereocenters. The van der Waals surface area contributed by atoms with E-state index in [2.05, 4.69) is 0 Å². The molecule has 3 aromatic rings. The molecule has 0 spiro atoms. The number of benzene rings is 2. The molecule has 22 heavy (non-hydrogen) atoms. The number of carbonyl (C=O) groups is 1. The lowest BCUT2D eigenvalue weighted by molar-refractivity contribution is 0.0600. The van der Waals surface area contributed by atoms with Gasteiger partial charge in [-0.3, -0.25) is 4.79 Å². The van der Waals surface area contributed by atoms with Crippen LogP contribution in [0.15, 0.2) is 65.6 Å². The van der Waals surface area contributed by atoms with Gasteiger partial charge in [-0.15, -0.1) is 0 Å². The molecular weight excluding hydrogens is 278 g/mol. The zero-order valence-electron chi connectivity index (χ0n) is 12.2. The van der Waals surface area contributed by atoms with E-state index in [4.69, 9.17) is 4.74 Å². The number of esters is 1. The fourth-order valence-corrected chi connectivity index (χ4v) is 2.47. The molecule has 0 amide bonds. The summed E-state index contributed by atoms with van der Waals surface area (Å²) < 4.78 is 6.35. The fraction of sp³-hybridized carbons (Fsp3) is 0.111. The van der Waals surface area contributed by atoms with Crippen LogP contribution in [0, 0.1) is 0 Å². The Morgan fingerprint density at radius 2 is 1.91 bits per heavy atom. The van der Waals surface area contributed by atoms with Gasteiger partial charge in [-0.05, 0) is 35.2 Å². The highest BCUT2D eigenvalue weighted by atomic mass is 16.5. The molecule has 0 radical (unpaired) electrons. The molecule has 4 heteroatoms. The van der Waals surface area contributed by atoms with Gasteiger partial charge in [0.2, 0.25) is 0 Å². The van der Waals surface area contributed by atoms with Crippen molar-refractivity contribution in [1.29, 1.82) is 0 Å². The lowest BCUT2D eigenvalue weighted by atomic mass is 10.1. The molecule has 2 aromatic carbocycles. The van der Waals surface area contributed by atoms with Gasteiger partial charge in [-0.1, -0.05) is 30.3 Å². The molecule has 0 bridgehead atoms. The minimum Gasteiger partial charge on any atom is -0.465 e. The summed E-state index contributed by atoms with van der Waals surface area (Å²) in [7, 11) is 1.35. The van der Waals surface area contributed by atoms with E-state index in [1.54, 1.807) is 29.0 Å². The molecule has 0 saturated heterocycles. The van der Waals surface area contributed by atoms with E-state index in [-0.39, 0.29) is 11.5 Å². The first-order valence-corrected chi connectivity index (χ1v) is 6.94. The second-order valence-corrected chi connectivity index (χ2v) is 5.03. The summed E-state index contributed by atoms with van der Waals surface area (Å²) in [6, 6.07) is 16.5. The van der Waals surface area contributed by atoms with E-state index in [0.717, 1.165) is 10.9 Å². The van der Waals surface area contributed by atoms with Crippen LogP contribution in [-0.2, 0) is 11.3 Å². The van der Waals surface area contributed by atoms with Crippen LogP contribution >= 0.6 is 0 Å². The zero-order valence-corrected chi connectivity index (χ0v) is 12.2. The molecule has 3 rings (SSSR count). The predicted molar refractivity (Wildman–Crippen MR) is 85.1 cm³/mol. The number of aromatic nitrogens is 1. The Labute approximate surface area is 127 Å². The largest absolute Gasteiger partial charge is 0.465 e. The maximum atomic E-state index is 12.5. The zero-order chi connectivity index (χ0) is 15.5. The van der Waals surface area contributed by atoms with Crippen LogP contribution in [0.5, 0.6) is 0 Å². The second kappa shape index (κ2) is 5.85. The summed E-state index contributed by atoms with van der Waals surface area (Å²) in [5, 5.41) is 1.61. The lowest BCUT2D eigenvalue weighted by Crippen LogP contribution is -2.20. The third-order valence-corrected chi connectivity index (χ3v) is 3.59. The number of hydrogen-bond acceptors (Lipinski definition) is 3. The highest BCUT2D eigenvalue weighted by Crippen LogP contribution is 2.11. The summed E-state index contributed by atoms with van der Waals surface area (Å²) in [5.74, 6) is -0.382. The number of rotatable bonds is 3. The number of methoxy groups -OCH3 is 1. The van der Waals surface area contributed by atoms with E-state index < -0.39 is 0 Å². The van der Waals surface area contributed by atoms with Crippen LogP contribution in [0.25, 0.3) is 10.8 Å². The van der Waals surface area contributed by atoms with Gasteiger partial charge >= 0.3 is 5.97 Å². The Hall–Kier alpha value is -2.88.